The lowest BCUT2D eigenvalue weighted by molar-refractivity contribution is -0.0877. The zero-order chi connectivity index (χ0) is 14.6. The third-order valence-corrected chi connectivity index (χ3v) is 4.53. The number of carbonyl (C=O) groups is 1. The maximum Gasteiger partial charge on any atom is 0.317 e. The zero-order valence-corrected chi connectivity index (χ0v) is 13.0. The molecule has 2 rings (SSSR count). The Balaban J connectivity index is 1.89. The molecular weight excluding hydrogens is 256 g/mol. The lowest BCUT2D eigenvalue weighted by atomic mass is 10.0. The molecule has 0 spiro atoms. The molecule has 0 aliphatic carbocycles. The van der Waals surface area contributed by atoms with E-state index in [2.05, 4.69) is 26.1 Å². The Morgan fingerprint density at radius 2 is 2.25 bits per heavy atom. The third-order valence-electron chi connectivity index (χ3n) is 4.53. The van der Waals surface area contributed by atoms with Crippen LogP contribution in [0.25, 0.3) is 0 Å². The standard InChI is InChI=1S/C15H28N2O3/c1-4-12(13-7-6-9-19-13)16-14(18)17-8-10-20-15(3,5-2)11-17/h12-13H,4-11H2,1-3H3,(H,16,18)/t12-,13-,15+/m0/s1. The number of nitrogens with zero attached hydrogens (tertiary/aromatic N) is 1. The predicted molar refractivity (Wildman–Crippen MR) is 77.8 cm³/mol. The zero-order valence-electron chi connectivity index (χ0n) is 13.0. The molecule has 0 aromatic carbocycles. The van der Waals surface area contributed by atoms with Crippen LogP contribution in [0.3, 0.4) is 0 Å². The summed E-state index contributed by atoms with van der Waals surface area (Å²) in [6.07, 6.45) is 4.16. The molecule has 2 saturated heterocycles. The molecule has 0 saturated carbocycles. The van der Waals surface area contributed by atoms with Crippen molar-refractivity contribution in [2.75, 3.05) is 26.3 Å². The average Bonchev–Trinajstić information content (AvgIpc) is 2.98. The van der Waals surface area contributed by atoms with Gasteiger partial charge in [-0.15, -0.1) is 0 Å². The van der Waals surface area contributed by atoms with Gasteiger partial charge in [-0.2, -0.15) is 0 Å². The normalized spacial score (nSPS) is 32.1. The number of hydrogen-bond donors (Lipinski definition) is 1. The number of hydrogen-bond acceptors (Lipinski definition) is 3. The Hall–Kier alpha value is -0.810. The Bertz CT molecular complexity index is 331. The summed E-state index contributed by atoms with van der Waals surface area (Å²) in [7, 11) is 0. The molecule has 5 heteroatoms. The molecule has 20 heavy (non-hydrogen) atoms. The molecule has 0 aromatic rings. The maximum atomic E-state index is 12.4. The Labute approximate surface area is 122 Å². The van der Waals surface area contributed by atoms with Crippen LogP contribution in [0.4, 0.5) is 4.79 Å². The van der Waals surface area contributed by atoms with Crippen molar-refractivity contribution in [3.8, 4) is 0 Å². The van der Waals surface area contributed by atoms with Gasteiger partial charge < -0.3 is 19.7 Å². The van der Waals surface area contributed by atoms with Crippen molar-refractivity contribution in [3.05, 3.63) is 0 Å². The predicted octanol–water partition coefficient (Wildman–Crippen LogP) is 2.15. The topological polar surface area (TPSA) is 50.8 Å². The fraction of sp³-hybridized carbons (Fsp3) is 0.933. The van der Waals surface area contributed by atoms with E-state index in [9.17, 15) is 4.79 Å². The van der Waals surface area contributed by atoms with Crippen LogP contribution < -0.4 is 5.32 Å². The largest absolute Gasteiger partial charge is 0.376 e. The highest BCUT2D eigenvalue weighted by Gasteiger charge is 2.34. The van der Waals surface area contributed by atoms with Crippen LogP contribution in [-0.4, -0.2) is 55.0 Å². The van der Waals surface area contributed by atoms with Gasteiger partial charge in [0, 0.05) is 13.2 Å². The molecule has 5 nitrogen and oxygen atoms in total. The van der Waals surface area contributed by atoms with Crippen LogP contribution in [0.2, 0.25) is 0 Å². The van der Waals surface area contributed by atoms with Gasteiger partial charge in [-0.1, -0.05) is 13.8 Å². The summed E-state index contributed by atoms with van der Waals surface area (Å²) >= 11 is 0. The summed E-state index contributed by atoms with van der Waals surface area (Å²) in [5.41, 5.74) is -0.207. The van der Waals surface area contributed by atoms with Gasteiger partial charge in [0.2, 0.25) is 0 Å². The Morgan fingerprint density at radius 3 is 2.85 bits per heavy atom. The molecule has 116 valence electrons. The van der Waals surface area contributed by atoms with Crippen molar-refractivity contribution < 1.29 is 14.3 Å². The van der Waals surface area contributed by atoms with Crippen molar-refractivity contribution >= 4 is 6.03 Å². The molecule has 2 fully saturated rings. The smallest absolute Gasteiger partial charge is 0.317 e. The van der Waals surface area contributed by atoms with Crippen molar-refractivity contribution in [3.63, 3.8) is 0 Å². The second kappa shape index (κ2) is 6.76. The van der Waals surface area contributed by atoms with E-state index in [0.717, 1.165) is 32.3 Å². The first-order valence-electron chi connectivity index (χ1n) is 7.89. The van der Waals surface area contributed by atoms with Gasteiger partial charge in [-0.3, -0.25) is 0 Å². The molecule has 0 unspecified atom stereocenters. The third kappa shape index (κ3) is 3.64. The molecule has 2 aliphatic rings. The maximum absolute atomic E-state index is 12.4. The molecular formula is C15H28N2O3. The number of ether oxygens (including phenoxy) is 2. The number of carbonyl (C=O) groups excluding carboxylic acids is 1. The summed E-state index contributed by atoms with van der Waals surface area (Å²) in [5.74, 6) is 0. The number of urea groups is 1. The van der Waals surface area contributed by atoms with E-state index in [-0.39, 0.29) is 23.8 Å². The minimum atomic E-state index is -0.207. The van der Waals surface area contributed by atoms with Crippen LogP contribution in [-0.2, 0) is 9.47 Å². The highest BCUT2D eigenvalue weighted by Crippen LogP contribution is 2.22. The minimum absolute atomic E-state index is 0.0234. The van der Waals surface area contributed by atoms with Gasteiger partial charge in [-0.25, -0.2) is 4.79 Å². The first-order valence-corrected chi connectivity index (χ1v) is 7.89. The lowest BCUT2D eigenvalue weighted by Crippen LogP contribution is -2.57. The number of amides is 2. The molecule has 0 radical (unpaired) electrons. The van der Waals surface area contributed by atoms with Crippen molar-refractivity contribution in [1.82, 2.24) is 10.2 Å². The minimum Gasteiger partial charge on any atom is -0.376 e. The number of morpholine rings is 1. The van der Waals surface area contributed by atoms with Gasteiger partial charge in [0.15, 0.2) is 0 Å². The van der Waals surface area contributed by atoms with E-state index in [4.69, 9.17) is 9.47 Å². The van der Waals surface area contributed by atoms with E-state index in [1.807, 2.05) is 4.90 Å². The van der Waals surface area contributed by atoms with E-state index in [1.165, 1.54) is 0 Å². The Kier molecular flexibility index (Phi) is 5.27. The quantitative estimate of drug-likeness (QED) is 0.860. The summed E-state index contributed by atoms with van der Waals surface area (Å²) in [4.78, 5) is 14.3. The highest BCUT2D eigenvalue weighted by atomic mass is 16.5. The van der Waals surface area contributed by atoms with E-state index < -0.39 is 0 Å². The average molecular weight is 284 g/mol. The van der Waals surface area contributed by atoms with Crippen LogP contribution in [0.15, 0.2) is 0 Å². The van der Waals surface area contributed by atoms with Gasteiger partial charge in [0.25, 0.3) is 0 Å². The number of nitrogens with one attached hydrogen (secondary N) is 1. The van der Waals surface area contributed by atoms with Crippen LogP contribution in [0.1, 0.15) is 46.5 Å². The fourth-order valence-electron chi connectivity index (χ4n) is 2.95. The van der Waals surface area contributed by atoms with Crippen LogP contribution in [0, 0.1) is 0 Å². The van der Waals surface area contributed by atoms with Crippen LogP contribution in [0.5, 0.6) is 0 Å². The first kappa shape index (κ1) is 15.6. The summed E-state index contributed by atoms with van der Waals surface area (Å²) in [6, 6.07) is 0.149. The van der Waals surface area contributed by atoms with E-state index in [1.54, 1.807) is 0 Å². The second-order valence-corrected chi connectivity index (χ2v) is 6.09. The number of rotatable bonds is 4. The molecule has 0 aromatic heterocycles. The lowest BCUT2D eigenvalue weighted by Gasteiger charge is -2.40. The molecule has 3 atom stereocenters. The molecule has 1 N–H and O–H groups in total. The van der Waals surface area contributed by atoms with E-state index >= 15 is 0 Å². The molecule has 2 amide bonds. The van der Waals surface area contributed by atoms with Gasteiger partial charge in [-0.05, 0) is 32.6 Å². The van der Waals surface area contributed by atoms with Crippen molar-refractivity contribution in [2.24, 2.45) is 0 Å². The summed E-state index contributed by atoms with van der Waals surface area (Å²) in [5, 5.41) is 3.15. The van der Waals surface area contributed by atoms with Crippen molar-refractivity contribution in [1.29, 1.82) is 0 Å². The Morgan fingerprint density at radius 1 is 1.45 bits per heavy atom. The SMILES string of the molecule is CC[C@H](NC(=O)N1CCO[C@](C)(CC)C1)[C@@H]1CCCO1. The van der Waals surface area contributed by atoms with Crippen LogP contribution >= 0.6 is 0 Å². The highest BCUT2D eigenvalue weighted by molar-refractivity contribution is 5.74. The summed E-state index contributed by atoms with van der Waals surface area (Å²) < 4.78 is 11.5. The first-order chi connectivity index (χ1) is 9.58. The molecule has 2 heterocycles. The van der Waals surface area contributed by atoms with E-state index in [0.29, 0.717) is 19.7 Å². The molecule has 2 aliphatic heterocycles. The second-order valence-electron chi connectivity index (χ2n) is 6.09. The van der Waals surface area contributed by atoms with Gasteiger partial charge in [0.05, 0.1) is 30.9 Å². The molecule has 0 bridgehead atoms. The van der Waals surface area contributed by atoms with Gasteiger partial charge in [0.1, 0.15) is 0 Å². The van der Waals surface area contributed by atoms with Gasteiger partial charge >= 0.3 is 6.03 Å². The van der Waals surface area contributed by atoms with Crippen molar-refractivity contribution in [2.45, 2.75) is 64.2 Å². The monoisotopic (exact) mass is 284 g/mol. The summed E-state index contributed by atoms with van der Waals surface area (Å²) in [6.45, 7) is 9.05. The fourth-order valence-corrected chi connectivity index (χ4v) is 2.95.